The Bertz CT molecular complexity index is 445. The Hall–Kier alpha value is -1.75. The molecule has 1 heterocycles. The van der Waals surface area contributed by atoms with Gasteiger partial charge >= 0.3 is 0 Å². The second-order valence-corrected chi connectivity index (χ2v) is 4.20. The highest BCUT2D eigenvalue weighted by atomic mass is 16.5. The average molecular weight is 251 g/mol. The summed E-state index contributed by atoms with van der Waals surface area (Å²) in [6.07, 6.45) is 0.910. The van der Waals surface area contributed by atoms with Crippen molar-refractivity contribution in [3.05, 3.63) is 23.8 Å². The molecule has 1 N–H and O–H groups in total. The normalized spacial score (nSPS) is 17.3. The Balaban J connectivity index is 2.04. The van der Waals surface area contributed by atoms with Crippen molar-refractivity contribution in [3.8, 4) is 11.5 Å². The molecule has 0 amide bonds. The number of fused-ring (bicyclic) bond motifs is 1. The van der Waals surface area contributed by atoms with Crippen LogP contribution < -0.4 is 9.47 Å². The van der Waals surface area contributed by atoms with Crippen molar-refractivity contribution in [1.82, 2.24) is 0 Å². The Morgan fingerprint density at radius 2 is 2.33 bits per heavy atom. The predicted molar refractivity (Wildman–Crippen MR) is 66.8 cm³/mol. The maximum atomic E-state index is 8.79. The van der Waals surface area contributed by atoms with Gasteiger partial charge in [0.2, 0.25) is 0 Å². The smallest absolute Gasteiger partial charge is 0.134 e. The van der Waals surface area contributed by atoms with E-state index in [1.165, 1.54) is 0 Å². The Labute approximate surface area is 106 Å². The monoisotopic (exact) mass is 251 g/mol. The van der Waals surface area contributed by atoms with Crippen molar-refractivity contribution in [1.29, 1.82) is 0 Å². The molecular weight excluding hydrogens is 234 g/mol. The first-order valence-electron chi connectivity index (χ1n) is 5.88. The van der Waals surface area contributed by atoms with Crippen LogP contribution in [0.1, 0.15) is 18.9 Å². The fourth-order valence-corrected chi connectivity index (χ4v) is 1.82. The topological polar surface area (TPSA) is 60.3 Å². The number of methoxy groups -OCH3 is 1. The van der Waals surface area contributed by atoms with Gasteiger partial charge in [0.25, 0.3) is 0 Å². The molecule has 1 aliphatic rings. The molecule has 0 aliphatic carbocycles. The van der Waals surface area contributed by atoms with Gasteiger partial charge in [-0.3, -0.25) is 0 Å². The summed E-state index contributed by atoms with van der Waals surface area (Å²) >= 11 is 0. The SMILES string of the molecule is COCCC(C)Oc1ccc2c(c1)OC/C2=N\O. The number of hydrogen-bond donors (Lipinski definition) is 1. The van der Waals surface area contributed by atoms with Gasteiger partial charge in [-0.15, -0.1) is 0 Å². The van der Waals surface area contributed by atoms with Crippen molar-refractivity contribution >= 4 is 5.71 Å². The van der Waals surface area contributed by atoms with Gasteiger partial charge in [-0.25, -0.2) is 0 Å². The summed E-state index contributed by atoms with van der Waals surface area (Å²) in [6, 6.07) is 5.51. The van der Waals surface area contributed by atoms with Gasteiger partial charge in [0.1, 0.15) is 23.8 Å². The molecule has 0 spiro atoms. The first-order chi connectivity index (χ1) is 8.74. The number of ether oxygens (including phenoxy) is 3. The molecule has 1 aromatic carbocycles. The second-order valence-electron chi connectivity index (χ2n) is 4.20. The van der Waals surface area contributed by atoms with Gasteiger partial charge in [-0.05, 0) is 19.1 Å². The summed E-state index contributed by atoms with van der Waals surface area (Å²) in [5.74, 6) is 1.44. The molecule has 1 aromatic rings. The van der Waals surface area contributed by atoms with E-state index in [1.807, 2.05) is 25.1 Å². The molecule has 0 saturated carbocycles. The number of benzene rings is 1. The third-order valence-electron chi connectivity index (χ3n) is 2.81. The molecule has 1 atom stereocenters. The van der Waals surface area contributed by atoms with Crippen LogP contribution in [-0.2, 0) is 4.74 Å². The zero-order chi connectivity index (χ0) is 13.0. The van der Waals surface area contributed by atoms with E-state index in [1.54, 1.807) is 7.11 Å². The molecule has 0 bridgehead atoms. The number of oxime groups is 1. The Kier molecular flexibility index (Phi) is 4.04. The second kappa shape index (κ2) is 5.73. The van der Waals surface area contributed by atoms with E-state index in [9.17, 15) is 0 Å². The molecule has 0 radical (unpaired) electrons. The lowest BCUT2D eigenvalue weighted by Gasteiger charge is -2.14. The molecule has 0 aromatic heterocycles. The summed E-state index contributed by atoms with van der Waals surface area (Å²) in [4.78, 5) is 0. The van der Waals surface area contributed by atoms with Crippen molar-refractivity contribution in [3.63, 3.8) is 0 Å². The molecule has 0 fully saturated rings. The highest BCUT2D eigenvalue weighted by Crippen LogP contribution is 2.30. The van der Waals surface area contributed by atoms with Crippen LogP contribution in [0.2, 0.25) is 0 Å². The first kappa shape index (κ1) is 12.7. The lowest BCUT2D eigenvalue weighted by Crippen LogP contribution is -2.14. The Morgan fingerprint density at radius 3 is 3.06 bits per heavy atom. The molecule has 98 valence electrons. The first-order valence-corrected chi connectivity index (χ1v) is 5.88. The van der Waals surface area contributed by atoms with Crippen molar-refractivity contribution in [2.24, 2.45) is 5.16 Å². The van der Waals surface area contributed by atoms with Gasteiger partial charge in [-0.1, -0.05) is 5.16 Å². The van der Waals surface area contributed by atoms with Crippen LogP contribution >= 0.6 is 0 Å². The van der Waals surface area contributed by atoms with E-state index in [0.717, 1.165) is 17.7 Å². The standard InChI is InChI=1S/C13H17NO4/c1-9(5-6-16-2)18-10-3-4-11-12(14-15)8-17-13(11)7-10/h3-4,7,9,15H,5-6,8H2,1-2H3/b14-12+. The molecule has 1 aliphatic heterocycles. The van der Waals surface area contributed by atoms with E-state index >= 15 is 0 Å². The van der Waals surface area contributed by atoms with Crippen LogP contribution in [0.15, 0.2) is 23.4 Å². The van der Waals surface area contributed by atoms with Crippen LogP contribution in [0.25, 0.3) is 0 Å². The fraction of sp³-hybridized carbons (Fsp3) is 0.462. The minimum Gasteiger partial charge on any atom is -0.490 e. The van der Waals surface area contributed by atoms with E-state index in [0.29, 0.717) is 24.7 Å². The summed E-state index contributed by atoms with van der Waals surface area (Å²) in [7, 11) is 1.67. The van der Waals surface area contributed by atoms with Gasteiger partial charge in [0.15, 0.2) is 0 Å². The maximum Gasteiger partial charge on any atom is 0.134 e. The lowest BCUT2D eigenvalue weighted by molar-refractivity contribution is 0.135. The summed E-state index contributed by atoms with van der Waals surface area (Å²) in [5, 5.41) is 12.0. The summed E-state index contributed by atoms with van der Waals surface area (Å²) in [6.45, 7) is 2.96. The zero-order valence-corrected chi connectivity index (χ0v) is 10.5. The molecule has 5 nitrogen and oxygen atoms in total. The van der Waals surface area contributed by atoms with E-state index in [2.05, 4.69) is 5.16 Å². The van der Waals surface area contributed by atoms with Gasteiger partial charge in [0, 0.05) is 31.8 Å². The van der Waals surface area contributed by atoms with Crippen molar-refractivity contribution < 1.29 is 19.4 Å². The van der Waals surface area contributed by atoms with Crippen LogP contribution in [-0.4, -0.2) is 37.3 Å². The predicted octanol–water partition coefficient (Wildman–Crippen LogP) is 2.06. The molecule has 5 heteroatoms. The third kappa shape index (κ3) is 2.73. The largest absolute Gasteiger partial charge is 0.490 e. The number of hydrogen-bond acceptors (Lipinski definition) is 5. The fourth-order valence-electron chi connectivity index (χ4n) is 1.82. The minimum absolute atomic E-state index is 0.0791. The molecule has 18 heavy (non-hydrogen) atoms. The molecular formula is C13H17NO4. The zero-order valence-electron chi connectivity index (χ0n) is 10.5. The minimum atomic E-state index is 0.0791. The van der Waals surface area contributed by atoms with Gasteiger partial charge < -0.3 is 19.4 Å². The van der Waals surface area contributed by atoms with Crippen LogP contribution in [0, 0.1) is 0 Å². The molecule has 2 rings (SSSR count). The van der Waals surface area contributed by atoms with E-state index < -0.39 is 0 Å². The van der Waals surface area contributed by atoms with E-state index in [4.69, 9.17) is 19.4 Å². The Morgan fingerprint density at radius 1 is 1.50 bits per heavy atom. The van der Waals surface area contributed by atoms with Crippen LogP contribution in [0.3, 0.4) is 0 Å². The van der Waals surface area contributed by atoms with E-state index in [-0.39, 0.29) is 6.10 Å². The summed E-state index contributed by atoms with van der Waals surface area (Å²) < 4.78 is 16.2. The molecule has 1 unspecified atom stereocenters. The highest BCUT2D eigenvalue weighted by Gasteiger charge is 2.20. The number of nitrogens with zero attached hydrogens (tertiary/aromatic N) is 1. The highest BCUT2D eigenvalue weighted by molar-refractivity contribution is 6.05. The maximum absolute atomic E-state index is 8.79. The van der Waals surface area contributed by atoms with Crippen molar-refractivity contribution in [2.75, 3.05) is 20.3 Å². The number of rotatable bonds is 5. The average Bonchev–Trinajstić information content (AvgIpc) is 2.78. The van der Waals surface area contributed by atoms with Gasteiger partial charge in [-0.2, -0.15) is 0 Å². The lowest BCUT2D eigenvalue weighted by atomic mass is 10.1. The summed E-state index contributed by atoms with van der Waals surface area (Å²) in [5.41, 5.74) is 1.36. The van der Waals surface area contributed by atoms with Crippen LogP contribution in [0.4, 0.5) is 0 Å². The van der Waals surface area contributed by atoms with Crippen molar-refractivity contribution in [2.45, 2.75) is 19.4 Å². The van der Waals surface area contributed by atoms with Crippen LogP contribution in [0.5, 0.6) is 11.5 Å². The molecule has 0 saturated heterocycles. The van der Waals surface area contributed by atoms with Gasteiger partial charge in [0.05, 0.1) is 6.10 Å². The third-order valence-corrected chi connectivity index (χ3v) is 2.81. The quantitative estimate of drug-likeness (QED) is 0.642.